The topological polar surface area (TPSA) is 65.0 Å². The lowest BCUT2D eigenvalue weighted by atomic mass is 10.00. The monoisotopic (exact) mass is 231 g/mol. The van der Waals surface area contributed by atoms with Crippen molar-refractivity contribution in [2.24, 2.45) is 17.8 Å². The lowest BCUT2D eigenvalue weighted by molar-refractivity contribution is 0.342. The number of oxazole rings is 1. The Morgan fingerprint density at radius 2 is 2.35 bits per heavy atom. The Morgan fingerprint density at radius 1 is 1.35 bits per heavy atom. The van der Waals surface area contributed by atoms with Crippen molar-refractivity contribution in [2.45, 2.75) is 25.7 Å². The van der Waals surface area contributed by atoms with Gasteiger partial charge in [-0.1, -0.05) is 5.16 Å². The van der Waals surface area contributed by atoms with E-state index in [1.54, 1.807) is 0 Å². The van der Waals surface area contributed by atoms with E-state index in [2.05, 4.69) is 15.1 Å². The predicted octanol–water partition coefficient (Wildman–Crippen LogP) is 2.31. The number of hydrogen-bond acceptors (Lipinski definition) is 5. The van der Waals surface area contributed by atoms with Crippen LogP contribution in [0.1, 0.15) is 25.2 Å². The first-order valence-corrected chi connectivity index (χ1v) is 6.11. The molecule has 88 valence electrons. The Labute approximate surface area is 98.2 Å². The molecule has 0 aliphatic heterocycles. The van der Waals surface area contributed by atoms with E-state index in [0.717, 1.165) is 30.1 Å². The van der Waals surface area contributed by atoms with E-state index in [0.29, 0.717) is 11.5 Å². The van der Waals surface area contributed by atoms with Gasteiger partial charge in [-0.3, -0.25) is 0 Å². The van der Waals surface area contributed by atoms with Gasteiger partial charge in [-0.25, -0.2) is 4.98 Å². The first kappa shape index (κ1) is 9.39. The molecule has 5 nitrogen and oxygen atoms in total. The predicted molar refractivity (Wildman–Crippen MR) is 57.8 cm³/mol. The van der Waals surface area contributed by atoms with E-state index < -0.39 is 0 Å². The molecule has 3 unspecified atom stereocenters. The molecule has 2 heterocycles. The van der Waals surface area contributed by atoms with Crippen LogP contribution in [0.3, 0.4) is 0 Å². The second kappa shape index (κ2) is 3.42. The maximum absolute atomic E-state index is 5.27. The van der Waals surface area contributed by atoms with Crippen LogP contribution < -0.4 is 0 Å². The van der Waals surface area contributed by atoms with Crippen molar-refractivity contribution in [3.05, 3.63) is 18.5 Å². The molecular formula is C12H13N3O2. The van der Waals surface area contributed by atoms with Gasteiger partial charge in [0.25, 0.3) is 0 Å². The molecule has 0 radical (unpaired) electrons. The lowest BCUT2D eigenvalue weighted by Gasteiger charge is -2.06. The summed E-state index contributed by atoms with van der Waals surface area (Å²) in [4.78, 5) is 8.37. The van der Waals surface area contributed by atoms with E-state index in [9.17, 15) is 0 Å². The molecule has 0 N–H and O–H groups in total. The third-order valence-electron chi connectivity index (χ3n) is 4.06. The van der Waals surface area contributed by atoms with Gasteiger partial charge in [-0.15, -0.1) is 0 Å². The number of hydrogen-bond donors (Lipinski definition) is 0. The largest absolute Gasteiger partial charge is 0.451 e. The SMILES string of the molecule is c1nc(-c2noc(CC3CCC4CC34)n2)co1. The molecule has 2 aliphatic carbocycles. The average Bonchev–Trinajstić information content (AvgIpc) is 2.82. The third kappa shape index (κ3) is 1.57. The highest BCUT2D eigenvalue weighted by atomic mass is 16.5. The molecule has 0 amide bonds. The van der Waals surface area contributed by atoms with Gasteiger partial charge in [-0.2, -0.15) is 4.98 Å². The Balaban J connectivity index is 1.51. The van der Waals surface area contributed by atoms with E-state index in [-0.39, 0.29) is 0 Å². The minimum Gasteiger partial charge on any atom is -0.451 e. The van der Waals surface area contributed by atoms with Crippen LogP contribution >= 0.6 is 0 Å². The molecular weight excluding hydrogens is 218 g/mol. The van der Waals surface area contributed by atoms with Crippen LogP contribution in [0.4, 0.5) is 0 Å². The Morgan fingerprint density at radius 3 is 3.06 bits per heavy atom. The maximum atomic E-state index is 5.27. The second-order valence-corrected chi connectivity index (χ2v) is 5.09. The highest BCUT2D eigenvalue weighted by Gasteiger charge is 2.48. The molecule has 3 atom stereocenters. The standard InChI is InChI=1S/C12H13N3O2/c1-2-8(9-3-7(1)9)4-11-14-12(15-17-11)10-5-16-6-13-10/h5-9H,1-4H2. The number of aromatic nitrogens is 3. The summed E-state index contributed by atoms with van der Waals surface area (Å²) in [6.07, 6.45) is 7.94. The molecule has 2 aliphatic rings. The van der Waals surface area contributed by atoms with Crippen molar-refractivity contribution in [1.82, 2.24) is 15.1 Å². The number of rotatable bonds is 3. The molecule has 0 spiro atoms. The minimum atomic E-state index is 0.527. The first-order valence-electron chi connectivity index (χ1n) is 6.11. The van der Waals surface area contributed by atoms with Crippen LogP contribution in [-0.4, -0.2) is 15.1 Å². The molecule has 2 aromatic rings. The summed E-state index contributed by atoms with van der Waals surface area (Å²) in [6, 6.07) is 0. The Bertz CT molecular complexity index is 520. The van der Waals surface area contributed by atoms with Gasteiger partial charge in [-0.05, 0) is 37.0 Å². The van der Waals surface area contributed by atoms with Gasteiger partial charge >= 0.3 is 0 Å². The van der Waals surface area contributed by atoms with Crippen molar-refractivity contribution in [3.8, 4) is 11.5 Å². The van der Waals surface area contributed by atoms with Crippen molar-refractivity contribution in [1.29, 1.82) is 0 Å². The summed E-state index contributed by atoms with van der Waals surface area (Å²) in [5.41, 5.74) is 0.635. The van der Waals surface area contributed by atoms with Gasteiger partial charge in [0.05, 0.1) is 0 Å². The van der Waals surface area contributed by atoms with Crippen LogP contribution in [0.25, 0.3) is 11.5 Å². The zero-order valence-corrected chi connectivity index (χ0v) is 9.37. The fourth-order valence-electron chi connectivity index (χ4n) is 3.07. The number of fused-ring (bicyclic) bond motifs is 1. The molecule has 4 rings (SSSR count). The van der Waals surface area contributed by atoms with Gasteiger partial charge < -0.3 is 8.94 Å². The first-order chi connectivity index (χ1) is 8.40. The highest BCUT2D eigenvalue weighted by Crippen LogP contribution is 2.56. The molecule has 5 heteroatoms. The van der Waals surface area contributed by atoms with Crippen molar-refractivity contribution in [2.75, 3.05) is 0 Å². The van der Waals surface area contributed by atoms with E-state index in [1.807, 2.05) is 0 Å². The molecule has 0 aromatic carbocycles. The zero-order chi connectivity index (χ0) is 11.2. The van der Waals surface area contributed by atoms with Gasteiger partial charge in [0.15, 0.2) is 6.39 Å². The summed E-state index contributed by atoms with van der Waals surface area (Å²) in [5.74, 6) is 3.94. The van der Waals surface area contributed by atoms with E-state index in [1.165, 1.54) is 31.9 Å². The smallest absolute Gasteiger partial charge is 0.227 e. The minimum absolute atomic E-state index is 0.527. The molecule has 17 heavy (non-hydrogen) atoms. The quantitative estimate of drug-likeness (QED) is 0.811. The second-order valence-electron chi connectivity index (χ2n) is 5.09. The number of nitrogens with zero attached hydrogens (tertiary/aromatic N) is 3. The van der Waals surface area contributed by atoms with Crippen LogP contribution in [0.15, 0.2) is 21.6 Å². The molecule has 2 fully saturated rings. The summed E-state index contributed by atoms with van der Waals surface area (Å²) in [7, 11) is 0. The lowest BCUT2D eigenvalue weighted by Crippen LogP contribution is -2.03. The Hall–Kier alpha value is -1.65. The van der Waals surface area contributed by atoms with Gasteiger partial charge in [0.2, 0.25) is 11.7 Å². The van der Waals surface area contributed by atoms with Gasteiger partial charge in [0.1, 0.15) is 12.0 Å². The summed E-state index contributed by atoms with van der Waals surface area (Å²) < 4.78 is 10.2. The molecule has 0 bridgehead atoms. The highest BCUT2D eigenvalue weighted by molar-refractivity contribution is 5.44. The fourth-order valence-corrected chi connectivity index (χ4v) is 3.07. The van der Waals surface area contributed by atoms with Crippen molar-refractivity contribution in [3.63, 3.8) is 0 Å². The van der Waals surface area contributed by atoms with Crippen molar-refractivity contribution < 1.29 is 8.94 Å². The third-order valence-corrected chi connectivity index (χ3v) is 4.06. The molecule has 0 saturated heterocycles. The maximum Gasteiger partial charge on any atom is 0.227 e. The van der Waals surface area contributed by atoms with Crippen molar-refractivity contribution >= 4 is 0 Å². The van der Waals surface area contributed by atoms with Gasteiger partial charge in [0, 0.05) is 6.42 Å². The fraction of sp³-hybridized carbons (Fsp3) is 0.583. The summed E-state index contributed by atoms with van der Waals surface area (Å²) >= 11 is 0. The van der Waals surface area contributed by atoms with Crippen LogP contribution in [0, 0.1) is 17.8 Å². The van der Waals surface area contributed by atoms with Crippen LogP contribution in [0.5, 0.6) is 0 Å². The van der Waals surface area contributed by atoms with Crippen LogP contribution in [0.2, 0.25) is 0 Å². The van der Waals surface area contributed by atoms with E-state index >= 15 is 0 Å². The van der Waals surface area contributed by atoms with E-state index in [4.69, 9.17) is 8.94 Å². The Kier molecular flexibility index (Phi) is 1.89. The summed E-state index contributed by atoms with van der Waals surface area (Å²) in [6.45, 7) is 0. The average molecular weight is 231 g/mol. The molecule has 2 saturated carbocycles. The van der Waals surface area contributed by atoms with Crippen LogP contribution in [-0.2, 0) is 6.42 Å². The normalized spacial score (nSPS) is 30.5. The summed E-state index contributed by atoms with van der Waals surface area (Å²) in [5, 5.41) is 3.93. The zero-order valence-electron chi connectivity index (χ0n) is 9.37. The molecule has 2 aromatic heterocycles.